The SMILES string of the molecule is Nc1nc(/C(=N\OCCF)C(=O)N[C@@H]2C(=O)N3C(C(=O)[O-])=C(C[n+]4cc5sccn5c4[C@H](CO)NC=O)CS[C@H]23)ns1. The van der Waals surface area contributed by atoms with Crippen molar-refractivity contribution in [2.24, 2.45) is 5.16 Å². The molecule has 0 aliphatic carbocycles. The monoisotopic (exact) mass is 639 g/mol. The normalized spacial score (nSPS) is 19.3. The van der Waals surface area contributed by atoms with E-state index in [4.69, 9.17) is 10.6 Å². The largest absolute Gasteiger partial charge is 0.543 e. The Morgan fingerprint density at radius 1 is 1.45 bits per heavy atom. The van der Waals surface area contributed by atoms with Gasteiger partial charge in [-0.2, -0.15) is 13.8 Å². The molecule has 1 saturated heterocycles. The number of nitrogens with two attached hydrogens (primary N) is 1. The number of thioether (sulfide) groups is 1. The van der Waals surface area contributed by atoms with Crippen LogP contribution in [0.4, 0.5) is 9.52 Å². The van der Waals surface area contributed by atoms with Crippen LogP contribution in [0.1, 0.15) is 17.7 Å². The Morgan fingerprint density at radius 3 is 2.93 bits per heavy atom. The quantitative estimate of drug-likeness (QED) is 0.0376. The van der Waals surface area contributed by atoms with Crippen LogP contribution in [-0.2, 0) is 30.6 Å². The molecule has 2 aliphatic rings. The molecule has 5 heterocycles. The number of aliphatic hydroxyl groups is 1. The van der Waals surface area contributed by atoms with E-state index in [1.54, 1.807) is 21.4 Å². The number of carboxylic acids is 1. The van der Waals surface area contributed by atoms with Gasteiger partial charge in [0.2, 0.25) is 22.8 Å². The topological polar surface area (TPSA) is 221 Å². The highest BCUT2D eigenvalue weighted by Crippen LogP contribution is 2.40. The summed E-state index contributed by atoms with van der Waals surface area (Å²) in [6, 6.07) is -1.91. The van der Waals surface area contributed by atoms with E-state index in [1.807, 2.05) is 5.38 Å². The number of imidazole rings is 1. The van der Waals surface area contributed by atoms with Gasteiger partial charge < -0.3 is 36.2 Å². The molecule has 3 aromatic heterocycles. The minimum absolute atomic E-state index is 0.0181. The number of oxime groups is 1. The van der Waals surface area contributed by atoms with Gasteiger partial charge in [-0.15, -0.1) is 11.8 Å². The molecule has 16 nitrogen and oxygen atoms in total. The number of aromatic nitrogens is 4. The summed E-state index contributed by atoms with van der Waals surface area (Å²) in [5.74, 6) is -2.71. The van der Waals surface area contributed by atoms with Gasteiger partial charge >= 0.3 is 0 Å². The molecule has 0 radical (unpaired) electrons. The summed E-state index contributed by atoms with van der Waals surface area (Å²) in [5.41, 5.74) is 5.18. The lowest BCUT2D eigenvalue weighted by Gasteiger charge is -2.50. The molecule has 0 bridgehead atoms. The molecule has 5 N–H and O–H groups in total. The zero-order valence-corrected chi connectivity index (χ0v) is 23.8. The van der Waals surface area contributed by atoms with Crippen molar-refractivity contribution in [2.45, 2.75) is 24.0 Å². The van der Waals surface area contributed by atoms with Crippen LogP contribution in [0.3, 0.4) is 0 Å². The summed E-state index contributed by atoms with van der Waals surface area (Å²) >= 11 is 3.41. The minimum atomic E-state index is -1.58. The number of aliphatic hydroxyl groups excluding tert-OH is 1. The molecule has 3 amide bonds. The fourth-order valence-corrected chi connectivity index (χ4v) is 7.11. The number of nitrogens with one attached hydrogen (secondary N) is 2. The minimum Gasteiger partial charge on any atom is -0.543 e. The molecule has 1 fully saturated rings. The van der Waals surface area contributed by atoms with Crippen molar-refractivity contribution in [3.8, 4) is 0 Å². The van der Waals surface area contributed by atoms with Gasteiger partial charge in [-0.3, -0.25) is 19.3 Å². The maximum atomic E-state index is 13.2. The van der Waals surface area contributed by atoms with Crippen LogP contribution in [0.2, 0.25) is 0 Å². The lowest BCUT2D eigenvalue weighted by atomic mass is 10.0. The first kappa shape index (κ1) is 29.4. The van der Waals surface area contributed by atoms with Gasteiger partial charge in [0.1, 0.15) is 43.6 Å². The number of carbonyl (C=O) groups is 4. The second-order valence-corrected chi connectivity index (χ2v) is 11.6. The lowest BCUT2D eigenvalue weighted by Crippen LogP contribution is -2.71. The molecular weight excluding hydrogens is 617 g/mol. The molecule has 3 atom stereocenters. The summed E-state index contributed by atoms with van der Waals surface area (Å²) in [5, 5.41) is 31.9. The number of nitrogen functional groups attached to an aromatic ring is 1. The molecule has 20 heteroatoms. The second-order valence-electron chi connectivity index (χ2n) is 8.77. The number of anilines is 1. The highest BCUT2D eigenvalue weighted by molar-refractivity contribution is 8.00. The Labute approximate surface area is 247 Å². The number of nitrogens with zero attached hydrogens (tertiary/aromatic N) is 6. The Hall–Kier alpha value is -4.14. The number of carboxylic acid groups (broad SMARTS) is 1. The third-order valence-corrected chi connectivity index (χ3v) is 8.97. The summed E-state index contributed by atoms with van der Waals surface area (Å²) < 4.78 is 19.9. The van der Waals surface area contributed by atoms with Gasteiger partial charge in [-0.05, 0) is 0 Å². The van der Waals surface area contributed by atoms with Crippen LogP contribution >= 0.6 is 34.6 Å². The van der Waals surface area contributed by atoms with Crippen molar-refractivity contribution in [2.75, 3.05) is 31.4 Å². The van der Waals surface area contributed by atoms with Gasteiger partial charge in [-0.1, -0.05) is 16.5 Å². The standard InChI is InChI=1S/C22H22FN9O7S3/c23-1-3-39-28-13(16-27-22(24)42-29-16)17(35)26-14-19(36)32-15(21(37)38)10(8-41-20(14)32)5-30-6-12-31(2-4-40-12)18(30)11(7-33)25-9-34/h2,4,6,9,11,14,20,33H,1,3,5,7-8H2,(H4-,24,25,26,27,29,34,35,37,38)/b28-13+/t11-,14+,20+/m0/s1. The highest BCUT2D eigenvalue weighted by Gasteiger charge is 2.53. The number of carbonyl (C=O) groups excluding carboxylic acids is 4. The fourth-order valence-electron chi connectivity index (χ4n) is 4.57. The molecule has 0 unspecified atom stereocenters. The summed E-state index contributed by atoms with van der Waals surface area (Å²) in [6.45, 7) is -1.69. The second kappa shape index (κ2) is 12.4. The van der Waals surface area contributed by atoms with E-state index in [2.05, 4.69) is 25.1 Å². The van der Waals surface area contributed by atoms with Gasteiger partial charge in [0.05, 0.1) is 18.3 Å². The first-order chi connectivity index (χ1) is 20.3. The van der Waals surface area contributed by atoms with Crippen LogP contribution in [0, 0.1) is 0 Å². The Kier molecular flexibility index (Phi) is 8.66. The van der Waals surface area contributed by atoms with Gasteiger partial charge in [0.15, 0.2) is 11.2 Å². The lowest BCUT2D eigenvalue weighted by molar-refractivity contribution is -0.696. The number of hydrogen-bond acceptors (Lipinski definition) is 14. The molecule has 0 saturated carbocycles. The maximum absolute atomic E-state index is 13.2. The number of amides is 3. The number of aliphatic carboxylic acids is 1. The molecule has 0 aromatic carbocycles. The van der Waals surface area contributed by atoms with Crippen molar-refractivity contribution in [3.63, 3.8) is 0 Å². The van der Waals surface area contributed by atoms with Gasteiger partial charge in [-0.25, -0.2) is 8.96 Å². The predicted molar refractivity (Wildman–Crippen MR) is 144 cm³/mol. The molecule has 2 aliphatic heterocycles. The van der Waals surface area contributed by atoms with Crippen molar-refractivity contribution < 1.29 is 43.2 Å². The van der Waals surface area contributed by atoms with Crippen molar-refractivity contribution >= 4 is 74.5 Å². The summed E-state index contributed by atoms with van der Waals surface area (Å²) in [6.07, 6.45) is 3.96. The van der Waals surface area contributed by atoms with E-state index >= 15 is 0 Å². The van der Waals surface area contributed by atoms with Crippen molar-refractivity contribution in [1.82, 2.24) is 29.3 Å². The zero-order chi connectivity index (χ0) is 30.0. The Bertz CT molecular complexity index is 1600. The zero-order valence-electron chi connectivity index (χ0n) is 21.3. The Balaban J connectivity index is 1.39. The number of hydrogen-bond donors (Lipinski definition) is 4. The molecule has 0 spiro atoms. The van der Waals surface area contributed by atoms with Crippen LogP contribution in [0.25, 0.3) is 4.83 Å². The van der Waals surface area contributed by atoms with Crippen LogP contribution in [0.5, 0.6) is 0 Å². The summed E-state index contributed by atoms with van der Waals surface area (Å²) in [7, 11) is 0. The average molecular weight is 640 g/mol. The van der Waals surface area contributed by atoms with Crippen LogP contribution in [-0.4, -0.2) is 90.7 Å². The van der Waals surface area contributed by atoms with Crippen LogP contribution < -0.4 is 26.0 Å². The number of rotatable bonds is 13. The van der Waals surface area contributed by atoms with Gasteiger partial charge in [0.25, 0.3) is 17.6 Å². The van der Waals surface area contributed by atoms with E-state index < -0.39 is 60.8 Å². The van der Waals surface area contributed by atoms with E-state index in [0.717, 1.165) is 21.3 Å². The third kappa shape index (κ3) is 5.40. The number of fused-ring (bicyclic) bond motifs is 2. The number of alkyl halides is 1. The molecule has 222 valence electrons. The number of thiazole rings is 1. The fraction of sp³-hybridized carbons (Fsp3) is 0.364. The third-order valence-electron chi connectivity index (χ3n) is 6.29. The first-order valence-electron chi connectivity index (χ1n) is 12.1. The summed E-state index contributed by atoms with van der Waals surface area (Å²) in [4.78, 5) is 60.1. The molecule has 3 aromatic rings. The molecule has 42 heavy (non-hydrogen) atoms. The van der Waals surface area contributed by atoms with E-state index in [1.165, 1.54) is 23.1 Å². The molecule has 5 rings (SSSR count). The van der Waals surface area contributed by atoms with Gasteiger partial charge in [0, 0.05) is 28.2 Å². The van der Waals surface area contributed by atoms with E-state index in [9.17, 15) is 33.8 Å². The number of halogens is 1. The smallest absolute Gasteiger partial charge is 0.288 e. The van der Waals surface area contributed by atoms with Crippen molar-refractivity contribution in [3.05, 3.63) is 40.7 Å². The Morgan fingerprint density at radius 2 is 2.26 bits per heavy atom. The average Bonchev–Trinajstić information content (AvgIpc) is 3.69. The van der Waals surface area contributed by atoms with Crippen LogP contribution in [0.15, 0.2) is 34.2 Å². The van der Waals surface area contributed by atoms with E-state index in [0.29, 0.717) is 17.8 Å². The first-order valence-corrected chi connectivity index (χ1v) is 14.8. The maximum Gasteiger partial charge on any atom is 0.288 e. The van der Waals surface area contributed by atoms with Crippen molar-refractivity contribution in [1.29, 1.82) is 0 Å². The number of β-lactam (4-membered cyclic amide) rings is 1. The van der Waals surface area contributed by atoms with E-state index in [-0.39, 0.29) is 29.0 Å². The molecular formula is C22H22FN9O7S3. The highest BCUT2D eigenvalue weighted by atomic mass is 32.2. The predicted octanol–water partition coefficient (Wildman–Crippen LogP) is -2.70.